The van der Waals surface area contributed by atoms with Gasteiger partial charge in [0, 0.05) is 12.5 Å². The van der Waals surface area contributed by atoms with E-state index in [0.717, 1.165) is 12.5 Å². The van der Waals surface area contributed by atoms with Crippen molar-refractivity contribution in [1.82, 2.24) is 9.97 Å². The summed E-state index contributed by atoms with van der Waals surface area (Å²) in [6.45, 7) is 1.99. The Kier molecular flexibility index (Phi) is 3.60. The zero-order chi connectivity index (χ0) is 13.1. The highest BCUT2D eigenvalue weighted by Crippen LogP contribution is 2.18. The first-order chi connectivity index (χ1) is 8.58. The van der Waals surface area contributed by atoms with Gasteiger partial charge in [0.1, 0.15) is 17.5 Å². The summed E-state index contributed by atoms with van der Waals surface area (Å²) in [5.41, 5.74) is 1.13. The Balaban J connectivity index is 2.20. The Morgan fingerprint density at radius 1 is 1.22 bits per heavy atom. The van der Waals surface area contributed by atoms with Crippen LogP contribution in [0, 0.1) is 11.6 Å². The molecule has 0 atom stereocenters. The molecule has 2 rings (SSSR count). The fraction of sp³-hybridized carbons (Fsp3) is 0.308. The van der Waals surface area contributed by atoms with Crippen molar-refractivity contribution in [3.05, 3.63) is 46.9 Å². The molecule has 0 fully saturated rings. The molecule has 2 N–H and O–H groups in total. The number of benzene rings is 1. The predicted octanol–water partition coefficient (Wildman–Crippen LogP) is 2.94. The van der Waals surface area contributed by atoms with Crippen molar-refractivity contribution >= 4 is 0 Å². The molecule has 0 amide bonds. The third-order valence-corrected chi connectivity index (χ3v) is 2.60. The second-order valence-corrected chi connectivity index (χ2v) is 4.19. The summed E-state index contributed by atoms with van der Waals surface area (Å²) in [7, 11) is 0. The third kappa shape index (κ3) is 2.85. The Morgan fingerprint density at radius 2 is 1.89 bits per heavy atom. The molecule has 18 heavy (non-hydrogen) atoms. The minimum absolute atomic E-state index is 0.0382. The number of aromatic hydroxyl groups is 1. The van der Waals surface area contributed by atoms with E-state index < -0.39 is 11.6 Å². The molecule has 5 heteroatoms. The number of nitrogens with zero attached hydrogens (tertiary/aromatic N) is 1. The van der Waals surface area contributed by atoms with E-state index in [1.807, 2.05) is 6.92 Å². The molecule has 1 aromatic heterocycles. The second-order valence-electron chi connectivity index (χ2n) is 4.19. The molecule has 96 valence electrons. The number of imidazole rings is 1. The third-order valence-electron chi connectivity index (χ3n) is 2.60. The van der Waals surface area contributed by atoms with Crippen LogP contribution in [0.3, 0.4) is 0 Å². The largest absolute Gasteiger partial charge is 0.492 e. The van der Waals surface area contributed by atoms with E-state index in [1.165, 1.54) is 12.1 Å². The molecule has 0 aliphatic heterocycles. The van der Waals surface area contributed by atoms with Gasteiger partial charge in [-0.25, -0.2) is 8.78 Å². The van der Waals surface area contributed by atoms with Gasteiger partial charge in [-0.3, -0.25) is 0 Å². The van der Waals surface area contributed by atoms with E-state index in [1.54, 1.807) is 0 Å². The minimum Gasteiger partial charge on any atom is -0.492 e. The normalized spacial score (nSPS) is 10.8. The zero-order valence-corrected chi connectivity index (χ0v) is 10.0. The number of hydrogen-bond acceptors (Lipinski definition) is 2. The van der Waals surface area contributed by atoms with Gasteiger partial charge in [0.2, 0.25) is 5.88 Å². The highest BCUT2D eigenvalue weighted by Gasteiger charge is 2.09. The first-order valence-electron chi connectivity index (χ1n) is 5.80. The highest BCUT2D eigenvalue weighted by atomic mass is 19.1. The molecule has 0 saturated heterocycles. The van der Waals surface area contributed by atoms with E-state index >= 15 is 0 Å². The number of aromatic nitrogens is 2. The maximum Gasteiger partial charge on any atom is 0.232 e. The van der Waals surface area contributed by atoms with E-state index in [2.05, 4.69) is 9.97 Å². The minimum atomic E-state index is -0.616. The number of nitrogens with one attached hydrogen (secondary N) is 1. The van der Waals surface area contributed by atoms with Crippen molar-refractivity contribution in [2.24, 2.45) is 0 Å². The fourth-order valence-corrected chi connectivity index (χ4v) is 1.87. The number of aromatic amines is 1. The van der Waals surface area contributed by atoms with E-state index in [0.29, 0.717) is 23.5 Å². The summed E-state index contributed by atoms with van der Waals surface area (Å²) in [4.78, 5) is 6.90. The van der Waals surface area contributed by atoms with Gasteiger partial charge in [0.05, 0.1) is 5.69 Å². The average molecular weight is 252 g/mol. The standard InChI is InChI=1S/C13H14F2N2O/c1-2-3-11-13(18)17-12(16-11)6-8-4-9(14)7-10(15)5-8/h4-5,7,18H,2-3,6H2,1H3,(H,16,17). The van der Waals surface area contributed by atoms with Crippen LogP contribution in [0.4, 0.5) is 8.78 Å². The lowest BCUT2D eigenvalue weighted by molar-refractivity contribution is 0.448. The van der Waals surface area contributed by atoms with Gasteiger partial charge in [-0.15, -0.1) is 0 Å². The molecule has 3 nitrogen and oxygen atoms in total. The second kappa shape index (κ2) is 5.16. The van der Waals surface area contributed by atoms with Crippen LogP contribution >= 0.6 is 0 Å². The monoisotopic (exact) mass is 252 g/mol. The van der Waals surface area contributed by atoms with Crippen molar-refractivity contribution in [3.63, 3.8) is 0 Å². The number of hydrogen-bond donors (Lipinski definition) is 2. The number of H-pyrrole nitrogens is 1. The number of rotatable bonds is 4. The summed E-state index contributed by atoms with van der Waals surface area (Å²) in [6.07, 6.45) is 1.83. The first kappa shape index (κ1) is 12.5. The van der Waals surface area contributed by atoms with Crippen LogP contribution in [0.15, 0.2) is 18.2 Å². The fourth-order valence-electron chi connectivity index (χ4n) is 1.87. The first-order valence-corrected chi connectivity index (χ1v) is 5.80. The topological polar surface area (TPSA) is 48.9 Å². The molecule has 0 saturated carbocycles. The van der Waals surface area contributed by atoms with E-state index in [9.17, 15) is 13.9 Å². The van der Waals surface area contributed by atoms with Crippen LogP contribution in [-0.4, -0.2) is 15.1 Å². The van der Waals surface area contributed by atoms with Crippen molar-refractivity contribution in [2.75, 3.05) is 0 Å². The molecule has 0 unspecified atom stereocenters. The average Bonchev–Trinajstić information content (AvgIpc) is 2.58. The van der Waals surface area contributed by atoms with E-state index in [4.69, 9.17) is 0 Å². The van der Waals surface area contributed by atoms with Crippen LogP contribution in [-0.2, 0) is 12.8 Å². The van der Waals surface area contributed by atoms with Gasteiger partial charge in [0.15, 0.2) is 0 Å². The number of aryl methyl sites for hydroxylation is 1. The Hall–Kier alpha value is -1.91. The van der Waals surface area contributed by atoms with Crippen LogP contribution < -0.4 is 0 Å². The lowest BCUT2D eigenvalue weighted by Gasteiger charge is -1.99. The summed E-state index contributed by atoms with van der Waals surface area (Å²) in [5.74, 6) is -0.770. The van der Waals surface area contributed by atoms with Crippen molar-refractivity contribution in [1.29, 1.82) is 0 Å². The van der Waals surface area contributed by atoms with Crippen molar-refractivity contribution < 1.29 is 13.9 Å². The molecule has 1 aromatic carbocycles. The van der Waals surface area contributed by atoms with Gasteiger partial charge in [-0.05, 0) is 24.1 Å². The summed E-state index contributed by atoms with van der Waals surface area (Å²) >= 11 is 0. The summed E-state index contributed by atoms with van der Waals surface area (Å²) in [5, 5.41) is 9.56. The van der Waals surface area contributed by atoms with Gasteiger partial charge in [-0.2, -0.15) is 4.98 Å². The quantitative estimate of drug-likeness (QED) is 0.879. The molecule has 1 heterocycles. The maximum atomic E-state index is 13.0. The molecule has 0 radical (unpaired) electrons. The predicted molar refractivity (Wildman–Crippen MR) is 63.4 cm³/mol. The molecule has 0 bridgehead atoms. The Labute approximate surface area is 104 Å². The summed E-state index contributed by atoms with van der Waals surface area (Å²) < 4.78 is 26.0. The molecule has 0 spiro atoms. The summed E-state index contributed by atoms with van der Waals surface area (Å²) in [6, 6.07) is 3.33. The van der Waals surface area contributed by atoms with Crippen LogP contribution in [0.2, 0.25) is 0 Å². The molecular weight excluding hydrogens is 238 g/mol. The maximum absolute atomic E-state index is 13.0. The SMILES string of the molecule is CCCc1[nH]c(Cc2cc(F)cc(F)c2)nc1O. The Morgan fingerprint density at radius 3 is 2.50 bits per heavy atom. The lowest BCUT2D eigenvalue weighted by Crippen LogP contribution is -1.94. The van der Waals surface area contributed by atoms with Crippen molar-refractivity contribution in [2.45, 2.75) is 26.2 Å². The number of halogens is 2. The van der Waals surface area contributed by atoms with Crippen LogP contribution in [0.25, 0.3) is 0 Å². The Bertz CT molecular complexity index is 532. The van der Waals surface area contributed by atoms with Gasteiger partial charge in [-0.1, -0.05) is 13.3 Å². The highest BCUT2D eigenvalue weighted by molar-refractivity contribution is 5.25. The molecular formula is C13H14F2N2O. The molecule has 0 aliphatic carbocycles. The smallest absolute Gasteiger partial charge is 0.232 e. The van der Waals surface area contributed by atoms with Gasteiger partial charge >= 0.3 is 0 Å². The van der Waals surface area contributed by atoms with Crippen LogP contribution in [0.5, 0.6) is 5.88 Å². The van der Waals surface area contributed by atoms with Gasteiger partial charge in [0.25, 0.3) is 0 Å². The van der Waals surface area contributed by atoms with Crippen molar-refractivity contribution in [3.8, 4) is 5.88 Å². The lowest BCUT2D eigenvalue weighted by atomic mass is 10.1. The molecule has 2 aromatic rings. The zero-order valence-electron chi connectivity index (χ0n) is 10.0. The molecule has 0 aliphatic rings. The van der Waals surface area contributed by atoms with E-state index in [-0.39, 0.29) is 12.3 Å². The van der Waals surface area contributed by atoms with Gasteiger partial charge < -0.3 is 10.1 Å². The van der Waals surface area contributed by atoms with Crippen LogP contribution in [0.1, 0.15) is 30.4 Å².